The Morgan fingerprint density at radius 1 is 0.922 bits per heavy atom. The van der Waals surface area contributed by atoms with Crippen molar-refractivity contribution in [3.8, 4) is 0 Å². The van der Waals surface area contributed by atoms with E-state index in [1.165, 1.54) is 19.6 Å². The average molecular weight is 788 g/mol. The fraction of sp³-hybridized carbons (Fsp3) is 0.378. The molecule has 0 bridgehead atoms. The zero-order chi connectivity index (χ0) is 36.8. The van der Waals surface area contributed by atoms with Gasteiger partial charge in [0.25, 0.3) is 15.1 Å². The summed E-state index contributed by atoms with van der Waals surface area (Å²) < 4.78 is 71.0. The molecule has 6 rings (SSSR count). The predicted molar refractivity (Wildman–Crippen MR) is 215 cm³/mol. The van der Waals surface area contributed by atoms with Gasteiger partial charge in [0, 0.05) is 29.7 Å². The van der Waals surface area contributed by atoms with Crippen LogP contribution in [0.3, 0.4) is 0 Å². The number of hydrogen-bond acceptors (Lipinski definition) is 10. The Hall–Kier alpha value is -2.82. The first-order chi connectivity index (χ1) is 24.4. The van der Waals surface area contributed by atoms with Gasteiger partial charge < -0.3 is 14.4 Å². The first-order valence-corrected chi connectivity index (χ1v) is 22.9. The highest BCUT2D eigenvalue weighted by atomic mass is 32.2. The summed E-state index contributed by atoms with van der Waals surface area (Å²) in [4.78, 5) is 5.59. The largest absolute Gasteiger partial charge is 0.748 e. The van der Waals surface area contributed by atoms with E-state index in [-0.39, 0.29) is 18.6 Å². The molecule has 9 nitrogen and oxygen atoms in total. The standard InChI is InChI=1S/C31H30N2O6S5.C6H15N/c1-2-21(20-28-33(15-6-18-44(37,38)39)30-26(42-28)12-10-23-13-16-40-31(23)30)19-27-32(14-5-17-43(34,35)36)29-24-8-4-3-7-22(24)9-11-25(29)41-27;1-4-7(5-2)6-3/h3-4,7-13,16,19-20H,2,5-6,14-15,17-18H2,1H3,(H-,34,35,36,37,38,39);4-6H2,1-3H3. The van der Waals surface area contributed by atoms with Crippen molar-refractivity contribution >= 4 is 97.5 Å². The maximum Gasteiger partial charge on any atom is 0.265 e. The van der Waals surface area contributed by atoms with Crippen molar-refractivity contribution in [2.45, 2.75) is 58.4 Å². The SMILES string of the molecule is CCC(/C=C1\Sc2ccc3ccsc3c2N1CCCS(=O)(=O)[O-])=C\c1sc2ccc3ccccc3c2[n+]1CCCS(=O)(=O)O.CCN(CC)CC. The molecular weight excluding hydrogens is 743 g/mol. The van der Waals surface area contributed by atoms with Crippen molar-refractivity contribution < 1.29 is 30.5 Å². The van der Waals surface area contributed by atoms with Gasteiger partial charge in [0.2, 0.25) is 5.52 Å². The number of aryl methyl sites for hydroxylation is 1. The third-order valence-electron chi connectivity index (χ3n) is 8.85. The highest BCUT2D eigenvalue weighted by molar-refractivity contribution is 8.03. The summed E-state index contributed by atoms with van der Waals surface area (Å²) in [6.07, 6.45) is 5.45. The maximum atomic E-state index is 11.5. The molecule has 0 unspecified atom stereocenters. The highest BCUT2D eigenvalue weighted by Gasteiger charge is 2.28. The monoisotopic (exact) mass is 787 g/mol. The number of allylic oxidation sites excluding steroid dienone is 2. The van der Waals surface area contributed by atoms with Crippen LogP contribution in [0.15, 0.2) is 81.6 Å². The molecule has 3 aromatic carbocycles. The molecule has 1 aliphatic rings. The highest BCUT2D eigenvalue weighted by Crippen LogP contribution is 2.51. The number of aromatic nitrogens is 1. The molecule has 0 aliphatic carbocycles. The second-order valence-corrected chi connectivity index (χ2v) is 18.3. The van der Waals surface area contributed by atoms with Gasteiger partial charge in [-0.25, -0.2) is 8.42 Å². The molecule has 0 amide bonds. The minimum absolute atomic E-state index is 0.216. The number of rotatable bonds is 14. The zero-order valence-electron chi connectivity index (χ0n) is 29.4. The lowest BCUT2D eigenvalue weighted by Crippen LogP contribution is -2.36. The van der Waals surface area contributed by atoms with Crippen molar-refractivity contribution in [2.24, 2.45) is 0 Å². The fourth-order valence-electron chi connectivity index (χ4n) is 6.19. The second-order valence-electron chi connectivity index (χ2n) is 12.2. The van der Waals surface area contributed by atoms with Crippen molar-refractivity contribution in [1.29, 1.82) is 0 Å². The van der Waals surface area contributed by atoms with Crippen molar-refractivity contribution in [3.05, 3.63) is 81.7 Å². The van der Waals surface area contributed by atoms with Gasteiger partial charge in [-0.1, -0.05) is 81.1 Å². The lowest BCUT2D eigenvalue weighted by atomic mass is 10.1. The summed E-state index contributed by atoms with van der Waals surface area (Å²) in [6, 6.07) is 18.5. The second kappa shape index (κ2) is 17.3. The van der Waals surface area contributed by atoms with E-state index in [1.54, 1.807) is 34.4 Å². The Kier molecular flexibility index (Phi) is 13.4. The summed E-state index contributed by atoms with van der Waals surface area (Å²) in [7, 11) is -8.42. The van der Waals surface area contributed by atoms with Crippen LogP contribution >= 0.6 is 34.4 Å². The lowest BCUT2D eigenvalue weighted by molar-refractivity contribution is -0.667. The number of fused-ring (bicyclic) bond motifs is 6. The normalized spacial score (nSPS) is 14.6. The van der Waals surface area contributed by atoms with Crippen LogP contribution in [0, 0.1) is 0 Å². The van der Waals surface area contributed by atoms with E-state index in [4.69, 9.17) is 0 Å². The third kappa shape index (κ3) is 9.99. The van der Waals surface area contributed by atoms with Crippen LogP contribution in [0.5, 0.6) is 0 Å². The molecule has 0 spiro atoms. The van der Waals surface area contributed by atoms with Gasteiger partial charge in [0.05, 0.1) is 36.7 Å². The van der Waals surface area contributed by atoms with Gasteiger partial charge >= 0.3 is 0 Å². The molecule has 3 heterocycles. The summed E-state index contributed by atoms with van der Waals surface area (Å²) >= 11 is 4.90. The number of thiazole rings is 1. The topological polar surface area (TPSA) is 122 Å². The van der Waals surface area contributed by atoms with Crippen LogP contribution in [0.2, 0.25) is 0 Å². The Morgan fingerprint density at radius 3 is 2.31 bits per heavy atom. The minimum Gasteiger partial charge on any atom is -0.748 e. The number of thiophene rings is 1. The molecule has 274 valence electrons. The number of nitrogens with zero attached hydrogens (tertiary/aromatic N) is 3. The number of hydrogen-bond donors (Lipinski definition) is 1. The Morgan fingerprint density at radius 2 is 1.65 bits per heavy atom. The smallest absolute Gasteiger partial charge is 0.265 e. The van der Waals surface area contributed by atoms with Gasteiger partial charge in [0.1, 0.15) is 4.70 Å². The summed E-state index contributed by atoms with van der Waals surface area (Å²) in [6.45, 7) is 13.0. The van der Waals surface area contributed by atoms with E-state index in [2.05, 4.69) is 96.7 Å². The van der Waals surface area contributed by atoms with Crippen LogP contribution in [0.4, 0.5) is 5.69 Å². The molecule has 14 heteroatoms. The first-order valence-electron chi connectivity index (χ1n) is 17.2. The van der Waals surface area contributed by atoms with E-state index < -0.39 is 26.0 Å². The third-order valence-corrected chi connectivity index (χ3v) is 13.6. The van der Waals surface area contributed by atoms with Gasteiger partial charge in [-0.05, 0) is 84.5 Å². The Balaban J connectivity index is 0.000000654. The Labute approximate surface area is 313 Å². The van der Waals surface area contributed by atoms with Crippen molar-refractivity contribution in [3.63, 3.8) is 0 Å². The molecule has 51 heavy (non-hydrogen) atoms. The molecular formula is C37H45N3O6S5. The Bertz CT molecular complexity index is 2270. The van der Waals surface area contributed by atoms with Crippen LogP contribution in [0.25, 0.3) is 37.2 Å². The molecule has 2 aromatic heterocycles. The minimum atomic E-state index is -4.33. The van der Waals surface area contributed by atoms with Crippen molar-refractivity contribution in [2.75, 3.05) is 42.6 Å². The van der Waals surface area contributed by atoms with E-state index >= 15 is 0 Å². The summed E-state index contributed by atoms with van der Waals surface area (Å²) in [5.41, 5.74) is 3.12. The van der Waals surface area contributed by atoms with Crippen LogP contribution in [0.1, 0.15) is 52.0 Å². The first kappa shape index (κ1) is 39.4. The fourth-order valence-corrected chi connectivity index (χ4v) is 10.5. The molecule has 0 fully saturated rings. The number of anilines is 1. The molecule has 1 aliphatic heterocycles. The molecule has 0 radical (unpaired) electrons. The van der Waals surface area contributed by atoms with Gasteiger partial charge in [-0.3, -0.25) is 4.55 Å². The molecule has 0 atom stereocenters. The quantitative estimate of drug-likeness (QED) is 0.0874. The van der Waals surface area contributed by atoms with Gasteiger partial charge in [-0.2, -0.15) is 13.0 Å². The van der Waals surface area contributed by atoms with Crippen molar-refractivity contribution in [1.82, 2.24) is 4.90 Å². The van der Waals surface area contributed by atoms with E-state index in [0.717, 1.165) is 63.7 Å². The number of benzene rings is 3. The molecule has 1 N–H and O–H groups in total. The van der Waals surface area contributed by atoms with Gasteiger partial charge in [0.15, 0.2) is 6.54 Å². The average Bonchev–Trinajstić information content (AvgIpc) is 3.80. The molecule has 0 saturated carbocycles. The zero-order valence-corrected chi connectivity index (χ0v) is 33.5. The van der Waals surface area contributed by atoms with Crippen LogP contribution < -0.4 is 9.47 Å². The van der Waals surface area contributed by atoms with E-state index in [9.17, 15) is 25.9 Å². The maximum absolute atomic E-state index is 11.5. The van der Waals surface area contributed by atoms with E-state index in [0.29, 0.717) is 13.1 Å². The van der Waals surface area contributed by atoms with Crippen LogP contribution in [-0.4, -0.2) is 68.5 Å². The predicted octanol–water partition coefficient (Wildman–Crippen LogP) is 8.37. The lowest BCUT2D eigenvalue weighted by Gasteiger charge is -2.22. The van der Waals surface area contributed by atoms with Crippen LogP contribution in [-0.2, 0) is 26.8 Å². The van der Waals surface area contributed by atoms with E-state index in [1.807, 2.05) is 17.5 Å². The summed E-state index contributed by atoms with van der Waals surface area (Å²) in [5.74, 6) is -0.747. The molecule has 0 saturated heterocycles. The van der Waals surface area contributed by atoms with Gasteiger partial charge in [-0.15, -0.1) is 11.3 Å². The number of thioether (sulfide) groups is 1. The molecule has 5 aromatic rings. The summed E-state index contributed by atoms with van der Waals surface area (Å²) in [5, 5.41) is 7.25.